The van der Waals surface area contributed by atoms with E-state index in [1.165, 1.54) is 4.68 Å². The van der Waals surface area contributed by atoms with Gasteiger partial charge in [0.05, 0.1) is 12.2 Å². The molecule has 6 heteroatoms. The number of benzene rings is 1. The Hall–Kier alpha value is -2.37. The van der Waals surface area contributed by atoms with Crippen LogP contribution in [0.1, 0.15) is 45.4 Å². The molecule has 24 heavy (non-hydrogen) atoms. The van der Waals surface area contributed by atoms with Crippen molar-refractivity contribution < 1.29 is 4.79 Å². The number of hydrogen-bond donors (Lipinski definition) is 1. The van der Waals surface area contributed by atoms with Crippen LogP contribution in [0.25, 0.3) is 5.69 Å². The first-order valence-electron chi connectivity index (χ1n) is 8.41. The minimum atomic E-state index is -0.437. The summed E-state index contributed by atoms with van der Waals surface area (Å²) in [6, 6.07) is 9.60. The highest BCUT2D eigenvalue weighted by Crippen LogP contribution is 2.39. The smallest absolute Gasteiger partial charge is 0.350 e. The summed E-state index contributed by atoms with van der Waals surface area (Å²) in [5.41, 5.74) is 0.260. The van der Waals surface area contributed by atoms with Crippen LogP contribution in [0.2, 0.25) is 0 Å². The quantitative estimate of drug-likeness (QED) is 0.913. The standard InChI is InChI=1S/C18H24N4O2/c1-18(2,3)16(23)19-11-12-21-17(24)22(14-7-5-4-6-8-14)15(20-21)13-9-10-13/h4-8,13H,9-12H2,1-3H3,(H,19,23). The summed E-state index contributed by atoms with van der Waals surface area (Å²) in [6.45, 7) is 6.36. The van der Waals surface area contributed by atoms with Crippen molar-refractivity contribution in [3.63, 3.8) is 0 Å². The van der Waals surface area contributed by atoms with Crippen molar-refractivity contribution in [1.29, 1.82) is 0 Å². The molecule has 0 atom stereocenters. The number of aromatic nitrogens is 3. The third kappa shape index (κ3) is 3.42. The van der Waals surface area contributed by atoms with Crippen molar-refractivity contribution in [2.75, 3.05) is 6.54 Å². The van der Waals surface area contributed by atoms with E-state index in [1.807, 2.05) is 51.1 Å². The molecular formula is C18H24N4O2. The van der Waals surface area contributed by atoms with Crippen molar-refractivity contribution in [2.45, 2.75) is 46.1 Å². The zero-order valence-corrected chi connectivity index (χ0v) is 14.5. The minimum absolute atomic E-state index is 0.0274. The first kappa shape index (κ1) is 16.5. The Morgan fingerprint density at radius 2 is 1.92 bits per heavy atom. The molecule has 0 bridgehead atoms. The molecule has 1 aliphatic rings. The fourth-order valence-corrected chi connectivity index (χ4v) is 2.54. The third-order valence-corrected chi connectivity index (χ3v) is 4.11. The predicted octanol–water partition coefficient (Wildman–Crippen LogP) is 2.07. The summed E-state index contributed by atoms with van der Waals surface area (Å²) in [5.74, 6) is 1.16. The summed E-state index contributed by atoms with van der Waals surface area (Å²) in [5, 5.41) is 7.39. The molecule has 1 N–H and O–H groups in total. The Kier molecular flexibility index (Phi) is 4.30. The van der Waals surface area contributed by atoms with Crippen molar-refractivity contribution in [3.8, 4) is 5.69 Å². The van der Waals surface area contributed by atoms with Gasteiger partial charge in [-0.1, -0.05) is 39.0 Å². The third-order valence-electron chi connectivity index (χ3n) is 4.11. The monoisotopic (exact) mass is 328 g/mol. The van der Waals surface area contributed by atoms with Gasteiger partial charge in [0, 0.05) is 17.9 Å². The molecule has 1 saturated carbocycles. The van der Waals surface area contributed by atoms with E-state index in [2.05, 4.69) is 10.4 Å². The van der Waals surface area contributed by atoms with E-state index in [4.69, 9.17) is 0 Å². The number of nitrogens with zero attached hydrogens (tertiary/aromatic N) is 3. The highest BCUT2D eigenvalue weighted by atomic mass is 16.2. The van der Waals surface area contributed by atoms with E-state index in [-0.39, 0.29) is 11.6 Å². The maximum Gasteiger partial charge on any atom is 0.350 e. The number of amides is 1. The fraction of sp³-hybridized carbons (Fsp3) is 0.500. The molecule has 1 aromatic heterocycles. The van der Waals surface area contributed by atoms with Gasteiger partial charge in [-0.3, -0.25) is 4.79 Å². The summed E-state index contributed by atoms with van der Waals surface area (Å²) >= 11 is 0. The first-order chi connectivity index (χ1) is 11.4. The fourth-order valence-electron chi connectivity index (χ4n) is 2.54. The lowest BCUT2D eigenvalue weighted by atomic mass is 9.96. The molecule has 1 amide bonds. The van der Waals surface area contributed by atoms with Gasteiger partial charge in [-0.05, 0) is 25.0 Å². The highest BCUT2D eigenvalue weighted by Gasteiger charge is 2.31. The van der Waals surface area contributed by atoms with Gasteiger partial charge >= 0.3 is 5.69 Å². The predicted molar refractivity (Wildman–Crippen MR) is 92.3 cm³/mol. The van der Waals surface area contributed by atoms with Crippen LogP contribution >= 0.6 is 0 Å². The van der Waals surface area contributed by atoms with Crippen LogP contribution in [0.3, 0.4) is 0 Å². The Morgan fingerprint density at radius 3 is 2.50 bits per heavy atom. The number of carbonyl (C=O) groups excluding carboxylic acids is 1. The van der Waals surface area contributed by atoms with E-state index in [0.29, 0.717) is 19.0 Å². The van der Waals surface area contributed by atoms with E-state index < -0.39 is 5.41 Å². The Bertz CT molecular complexity index is 780. The zero-order valence-electron chi connectivity index (χ0n) is 14.5. The molecule has 0 saturated heterocycles. The Labute approximate surface area is 141 Å². The molecule has 0 aliphatic heterocycles. The van der Waals surface area contributed by atoms with E-state index in [1.54, 1.807) is 4.57 Å². The minimum Gasteiger partial charge on any atom is -0.354 e. The normalized spacial score (nSPS) is 14.6. The average Bonchev–Trinajstić information content (AvgIpc) is 3.32. The lowest BCUT2D eigenvalue weighted by Crippen LogP contribution is -2.38. The van der Waals surface area contributed by atoms with Gasteiger partial charge in [0.15, 0.2) is 0 Å². The molecule has 1 fully saturated rings. The second kappa shape index (κ2) is 6.26. The molecule has 1 heterocycles. The molecule has 1 aliphatic carbocycles. The van der Waals surface area contributed by atoms with Crippen LogP contribution in [0.5, 0.6) is 0 Å². The number of nitrogens with one attached hydrogen (secondary N) is 1. The Morgan fingerprint density at radius 1 is 1.25 bits per heavy atom. The van der Waals surface area contributed by atoms with Gasteiger partial charge in [0.2, 0.25) is 5.91 Å². The molecule has 0 radical (unpaired) electrons. The van der Waals surface area contributed by atoms with Crippen LogP contribution in [-0.4, -0.2) is 26.8 Å². The van der Waals surface area contributed by atoms with Crippen LogP contribution in [0, 0.1) is 5.41 Å². The van der Waals surface area contributed by atoms with E-state index >= 15 is 0 Å². The molecule has 128 valence electrons. The van der Waals surface area contributed by atoms with Gasteiger partial charge in [-0.2, -0.15) is 5.10 Å². The van der Waals surface area contributed by atoms with Crippen molar-refractivity contribution in [3.05, 3.63) is 46.6 Å². The maximum atomic E-state index is 12.7. The molecule has 0 spiro atoms. The van der Waals surface area contributed by atoms with Crippen LogP contribution in [0.15, 0.2) is 35.1 Å². The van der Waals surface area contributed by atoms with Gasteiger partial charge in [0.25, 0.3) is 0 Å². The largest absolute Gasteiger partial charge is 0.354 e. The summed E-state index contributed by atoms with van der Waals surface area (Å²) in [7, 11) is 0. The van der Waals surface area contributed by atoms with Gasteiger partial charge < -0.3 is 5.32 Å². The number of rotatable bonds is 5. The summed E-state index contributed by atoms with van der Waals surface area (Å²) < 4.78 is 3.16. The van der Waals surface area contributed by atoms with Crippen LogP contribution in [-0.2, 0) is 11.3 Å². The first-order valence-corrected chi connectivity index (χ1v) is 8.41. The van der Waals surface area contributed by atoms with Crippen LogP contribution in [0.4, 0.5) is 0 Å². The SMILES string of the molecule is CC(C)(C)C(=O)NCCn1nc(C2CC2)n(-c2ccccc2)c1=O. The maximum absolute atomic E-state index is 12.7. The zero-order chi connectivity index (χ0) is 17.3. The molecular weight excluding hydrogens is 304 g/mol. The number of para-hydroxylation sites is 1. The van der Waals surface area contributed by atoms with Gasteiger partial charge in [0.1, 0.15) is 5.82 Å². The van der Waals surface area contributed by atoms with Crippen molar-refractivity contribution in [2.24, 2.45) is 5.41 Å². The lowest BCUT2D eigenvalue weighted by Gasteiger charge is -2.17. The second-order valence-corrected chi connectivity index (χ2v) is 7.32. The molecule has 6 nitrogen and oxygen atoms in total. The molecule has 3 rings (SSSR count). The number of carbonyl (C=O) groups is 1. The van der Waals surface area contributed by atoms with E-state index in [0.717, 1.165) is 24.4 Å². The van der Waals surface area contributed by atoms with Gasteiger partial charge in [-0.15, -0.1) is 0 Å². The highest BCUT2D eigenvalue weighted by molar-refractivity contribution is 5.81. The molecule has 0 unspecified atom stereocenters. The van der Waals surface area contributed by atoms with Crippen molar-refractivity contribution >= 4 is 5.91 Å². The summed E-state index contributed by atoms with van der Waals surface area (Å²) in [4.78, 5) is 24.7. The second-order valence-electron chi connectivity index (χ2n) is 7.32. The van der Waals surface area contributed by atoms with Gasteiger partial charge in [-0.25, -0.2) is 14.0 Å². The summed E-state index contributed by atoms with van der Waals surface area (Å²) in [6.07, 6.45) is 2.15. The Balaban J connectivity index is 1.80. The van der Waals surface area contributed by atoms with E-state index in [9.17, 15) is 9.59 Å². The molecule has 2 aromatic rings. The lowest BCUT2D eigenvalue weighted by molar-refractivity contribution is -0.128. The number of hydrogen-bond acceptors (Lipinski definition) is 3. The average molecular weight is 328 g/mol. The molecule has 1 aromatic carbocycles. The topological polar surface area (TPSA) is 68.9 Å². The van der Waals surface area contributed by atoms with Crippen LogP contribution < -0.4 is 11.0 Å². The van der Waals surface area contributed by atoms with Crippen molar-refractivity contribution in [1.82, 2.24) is 19.7 Å².